The number of halogens is 1. The van der Waals surface area contributed by atoms with Crippen molar-refractivity contribution in [2.75, 3.05) is 13.2 Å². The van der Waals surface area contributed by atoms with E-state index in [0.29, 0.717) is 23.4 Å². The van der Waals surface area contributed by atoms with E-state index >= 15 is 0 Å². The number of rotatable bonds is 7. The minimum Gasteiger partial charge on any atom is -0.493 e. The van der Waals surface area contributed by atoms with Gasteiger partial charge in [0.2, 0.25) is 11.8 Å². The number of nitrogens with zero attached hydrogens (tertiary/aromatic N) is 2. The predicted octanol–water partition coefficient (Wildman–Crippen LogP) is 4.19. The summed E-state index contributed by atoms with van der Waals surface area (Å²) in [4.78, 5) is 23.2. The molecule has 1 aliphatic heterocycles. The van der Waals surface area contributed by atoms with Gasteiger partial charge in [0.05, 0.1) is 13.2 Å². The Morgan fingerprint density at radius 2 is 1.60 bits per heavy atom. The topological polar surface area (TPSA) is 80.2 Å². The highest BCUT2D eigenvalue weighted by Gasteiger charge is 2.32. The summed E-state index contributed by atoms with van der Waals surface area (Å²) in [6.07, 6.45) is 0.731. The number of hydrogen-bond donors (Lipinski definition) is 1. The van der Waals surface area contributed by atoms with E-state index in [1.807, 2.05) is 36.4 Å². The summed E-state index contributed by atoms with van der Waals surface area (Å²) >= 11 is 7.16. The first-order valence-electron chi connectivity index (χ1n) is 9.36. The van der Waals surface area contributed by atoms with Gasteiger partial charge in [-0.15, -0.1) is 5.10 Å². The van der Waals surface area contributed by atoms with Crippen LogP contribution < -0.4 is 14.8 Å². The van der Waals surface area contributed by atoms with Gasteiger partial charge in [-0.25, -0.2) is 5.01 Å². The molecule has 0 saturated carbocycles. The smallest absolute Gasteiger partial charge is 0.241 e. The second-order valence-electron chi connectivity index (χ2n) is 6.49. The number of benzene rings is 2. The van der Waals surface area contributed by atoms with Crippen LogP contribution in [0.5, 0.6) is 11.5 Å². The molecule has 2 amide bonds. The van der Waals surface area contributed by atoms with Gasteiger partial charge in [0.1, 0.15) is 16.9 Å². The van der Waals surface area contributed by atoms with Crippen LogP contribution in [0.2, 0.25) is 5.02 Å². The summed E-state index contributed by atoms with van der Waals surface area (Å²) in [5.74, 6) is 1.07. The Bertz CT molecular complexity index is 919. The van der Waals surface area contributed by atoms with Crippen molar-refractivity contribution in [3.63, 3.8) is 0 Å². The molecule has 3 rings (SSSR count). The normalized spacial score (nSPS) is 15.5. The Labute approximate surface area is 184 Å². The van der Waals surface area contributed by atoms with Crippen molar-refractivity contribution in [1.82, 2.24) is 10.3 Å². The molecule has 2 aromatic carbocycles. The van der Waals surface area contributed by atoms with Crippen LogP contribution in [0.25, 0.3) is 0 Å². The zero-order valence-corrected chi connectivity index (χ0v) is 18.2. The van der Waals surface area contributed by atoms with Crippen LogP contribution in [0.15, 0.2) is 53.6 Å². The van der Waals surface area contributed by atoms with Crippen molar-refractivity contribution in [3.05, 3.63) is 59.1 Å². The van der Waals surface area contributed by atoms with E-state index in [1.54, 1.807) is 12.1 Å². The third-order valence-electron chi connectivity index (χ3n) is 4.05. The summed E-state index contributed by atoms with van der Waals surface area (Å²) in [5.41, 5.74) is 0.887. The van der Waals surface area contributed by atoms with E-state index in [-0.39, 0.29) is 17.2 Å². The Hall–Kier alpha value is -2.71. The molecule has 0 fully saturated rings. The molecule has 0 bridgehead atoms. The van der Waals surface area contributed by atoms with Crippen LogP contribution >= 0.6 is 23.4 Å². The van der Waals surface area contributed by atoms with E-state index in [2.05, 4.69) is 10.4 Å². The van der Waals surface area contributed by atoms with Crippen molar-refractivity contribution in [1.29, 1.82) is 0 Å². The Morgan fingerprint density at radius 3 is 2.13 bits per heavy atom. The average molecular weight is 448 g/mol. The van der Waals surface area contributed by atoms with Gasteiger partial charge in [0, 0.05) is 25.3 Å². The molecule has 0 aliphatic carbocycles. The van der Waals surface area contributed by atoms with Gasteiger partial charge in [-0.2, -0.15) is 0 Å². The highest BCUT2D eigenvalue weighted by atomic mass is 35.5. The first-order chi connectivity index (χ1) is 14.4. The van der Waals surface area contributed by atoms with Crippen LogP contribution in [0.4, 0.5) is 0 Å². The molecular weight excluding hydrogens is 426 g/mol. The van der Waals surface area contributed by atoms with Crippen molar-refractivity contribution < 1.29 is 19.1 Å². The maximum atomic E-state index is 11.9. The van der Waals surface area contributed by atoms with Gasteiger partial charge < -0.3 is 14.8 Å². The number of amidine groups is 1. The van der Waals surface area contributed by atoms with E-state index < -0.39 is 0 Å². The highest BCUT2D eigenvalue weighted by Crippen LogP contribution is 2.39. The van der Waals surface area contributed by atoms with E-state index in [0.717, 1.165) is 23.5 Å². The number of ether oxygens (including phenoxy) is 2. The summed E-state index contributed by atoms with van der Waals surface area (Å²) in [6.45, 7) is 3.90. The fourth-order valence-electron chi connectivity index (χ4n) is 2.68. The van der Waals surface area contributed by atoms with Gasteiger partial charge >= 0.3 is 0 Å². The number of carbonyl (C=O) groups is 2. The fourth-order valence-corrected chi connectivity index (χ4v) is 3.94. The average Bonchev–Trinajstić information content (AvgIpc) is 3.13. The van der Waals surface area contributed by atoms with Crippen LogP contribution in [-0.2, 0) is 9.59 Å². The fraction of sp³-hybridized carbons (Fsp3) is 0.286. The van der Waals surface area contributed by atoms with Gasteiger partial charge in [-0.05, 0) is 42.0 Å². The van der Waals surface area contributed by atoms with E-state index in [4.69, 9.17) is 21.1 Å². The number of amides is 2. The molecule has 1 N–H and O–H groups in total. The number of hydrazone groups is 1. The second kappa shape index (κ2) is 10.4. The molecular formula is C21H22ClN3O4S. The van der Waals surface area contributed by atoms with Crippen molar-refractivity contribution in [2.45, 2.75) is 25.6 Å². The third kappa shape index (κ3) is 6.14. The molecule has 2 aromatic rings. The highest BCUT2D eigenvalue weighted by molar-refractivity contribution is 8.14. The van der Waals surface area contributed by atoms with Crippen molar-refractivity contribution in [2.24, 2.45) is 5.10 Å². The number of thioether (sulfide) groups is 1. The standard InChI is InChI=1S/C21H22ClN3O4S/c1-14(26)23-21-24-25(15(2)27)20(30-21)16-4-8-18(9-5-16)28-12-3-13-29-19-10-6-17(22)7-11-19/h4-11,20H,3,12-13H2,1-2H3,(H,23,24,26)/t20-/m1/s1. The molecule has 0 unspecified atom stereocenters. The van der Waals surface area contributed by atoms with Crippen LogP contribution in [0, 0.1) is 0 Å². The molecule has 9 heteroatoms. The SMILES string of the molecule is CC(=O)NC1=NN(C(C)=O)[C@@H](c2ccc(OCCCOc3ccc(Cl)cc3)cc2)S1. The molecule has 158 valence electrons. The number of carbonyl (C=O) groups excluding carboxylic acids is 2. The van der Waals surface area contributed by atoms with Gasteiger partial charge in [-0.1, -0.05) is 35.5 Å². The lowest BCUT2D eigenvalue weighted by molar-refractivity contribution is -0.129. The molecule has 0 radical (unpaired) electrons. The molecule has 7 nitrogen and oxygen atoms in total. The first kappa shape index (κ1) is 22.0. The van der Waals surface area contributed by atoms with Crippen molar-refractivity contribution >= 4 is 40.3 Å². The monoisotopic (exact) mass is 447 g/mol. The van der Waals surface area contributed by atoms with Crippen LogP contribution in [-0.4, -0.2) is 35.2 Å². The largest absolute Gasteiger partial charge is 0.493 e. The maximum Gasteiger partial charge on any atom is 0.241 e. The third-order valence-corrected chi connectivity index (χ3v) is 5.41. The number of hydrogen-bond acceptors (Lipinski definition) is 6. The second-order valence-corrected chi connectivity index (χ2v) is 8.00. The maximum absolute atomic E-state index is 11.9. The predicted molar refractivity (Wildman–Crippen MR) is 118 cm³/mol. The molecule has 0 aromatic heterocycles. The van der Waals surface area contributed by atoms with Gasteiger partial charge in [0.15, 0.2) is 5.17 Å². The molecule has 0 spiro atoms. The van der Waals surface area contributed by atoms with E-state index in [9.17, 15) is 9.59 Å². The minimum atomic E-state index is -0.328. The Morgan fingerprint density at radius 1 is 1.03 bits per heavy atom. The lowest BCUT2D eigenvalue weighted by Gasteiger charge is -2.19. The quantitative estimate of drug-likeness (QED) is 0.644. The molecule has 1 atom stereocenters. The Balaban J connectivity index is 1.48. The summed E-state index contributed by atoms with van der Waals surface area (Å²) < 4.78 is 11.4. The molecule has 1 aliphatic rings. The zero-order valence-electron chi connectivity index (χ0n) is 16.6. The molecule has 30 heavy (non-hydrogen) atoms. The number of nitrogens with one attached hydrogen (secondary N) is 1. The zero-order chi connectivity index (χ0) is 21.5. The summed E-state index contributed by atoms with van der Waals surface area (Å²) in [5, 5.41) is 8.93. The lowest BCUT2D eigenvalue weighted by Crippen LogP contribution is -2.25. The molecule has 1 heterocycles. The Kier molecular flexibility index (Phi) is 7.59. The van der Waals surface area contributed by atoms with Crippen LogP contribution in [0.1, 0.15) is 31.2 Å². The minimum absolute atomic E-state index is 0.200. The first-order valence-corrected chi connectivity index (χ1v) is 10.6. The van der Waals surface area contributed by atoms with Gasteiger partial charge in [-0.3, -0.25) is 9.59 Å². The summed E-state index contributed by atoms with van der Waals surface area (Å²) in [6, 6.07) is 14.7. The van der Waals surface area contributed by atoms with Crippen LogP contribution in [0.3, 0.4) is 0 Å². The molecule has 0 saturated heterocycles. The van der Waals surface area contributed by atoms with Gasteiger partial charge in [0.25, 0.3) is 0 Å². The van der Waals surface area contributed by atoms with E-state index in [1.165, 1.54) is 30.6 Å². The lowest BCUT2D eigenvalue weighted by atomic mass is 10.2. The summed E-state index contributed by atoms with van der Waals surface area (Å²) in [7, 11) is 0. The van der Waals surface area contributed by atoms with Crippen molar-refractivity contribution in [3.8, 4) is 11.5 Å².